The third kappa shape index (κ3) is 1.63. The molecule has 76 valence electrons. The summed E-state index contributed by atoms with van der Waals surface area (Å²) in [5.41, 5.74) is 6.49. The number of hydrogen-bond donors (Lipinski definition) is 1. The summed E-state index contributed by atoms with van der Waals surface area (Å²) in [4.78, 5) is 12.9. The van der Waals surface area contributed by atoms with Crippen LogP contribution in [-0.2, 0) is 18.3 Å². The van der Waals surface area contributed by atoms with E-state index in [0.29, 0.717) is 6.54 Å². The molecule has 14 heavy (non-hydrogen) atoms. The number of aromatic nitrogens is 2. The van der Waals surface area contributed by atoms with Crippen molar-refractivity contribution in [3.8, 4) is 0 Å². The van der Waals surface area contributed by atoms with Crippen molar-refractivity contribution in [2.24, 2.45) is 12.8 Å². The molecule has 1 aliphatic rings. The van der Waals surface area contributed by atoms with Gasteiger partial charge in [0.2, 0.25) is 5.91 Å². The minimum absolute atomic E-state index is 0.0564. The molecule has 0 aliphatic carbocycles. The molecule has 0 saturated carbocycles. The van der Waals surface area contributed by atoms with E-state index >= 15 is 0 Å². The summed E-state index contributed by atoms with van der Waals surface area (Å²) in [6.45, 7) is 1.41. The number of β-lactam (4-membered cyclic amide) rings is 1. The maximum absolute atomic E-state index is 11.2. The Labute approximate surface area is 82.5 Å². The molecule has 1 amide bonds. The first-order valence-corrected chi connectivity index (χ1v) is 4.70. The van der Waals surface area contributed by atoms with Crippen molar-refractivity contribution >= 4 is 5.91 Å². The Hall–Kier alpha value is -1.36. The van der Waals surface area contributed by atoms with Gasteiger partial charge in [-0.1, -0.05) is 0 Å². The van der Waals surface area contributed by atoms with Gasteiger partial charge in [-0.3, -0.25) is 9.48 Å². The molecule has 1 atom stereocenters. The normalized spacial score (nSPS) is 21.1. The van der Waals surface area contributed by atoms with Crippen LogP contribution in [0, 0.1) is 0 Å². The van der Waals surface area contributed by atoms with Gasteiger partial charge in [0.15, 0.2) is 0 Å². The third-order valence-corrected chi connectivity index (χ3v) is 2.45. The molecule has 0 aromatic carbocycles. The lowest BCUT2D eigenvalue weighted by Gasteiger charge is -2.35. The van der Waals surface area contributed by atoms with Crippen molar-refractivity contribution < 1.29 is 4.79 Å². The zero-order chi connectivity index (χ0) is 10.1. The van der Waals surface area contributed by atoms with Crippen molar-refractivity contribution in [2.75, 3.05) is 13.1 Å². The predicted molar refractivity (Wildman–Crippen MR) is 51.5 cm³/mol. The highest BCUT2D eigenvalue weighted by Gasteiger charge is 2.32. The average Bonchev–Trinajstić information content (AvgIpc) is 2.58. The van der Waals surface area contributed by atoms with Gasteiger partial charge in [-0.15, -0.1) is 0 Å². The molecule has 0 bridgehead atoms. The molecule has 0 spiro atoms. The molecule has 1 saturated heterocycles. The molecule has 1 fully saturated rings. The van der Waals surface area contributed by atoms with Gasteiger partial charge in [0.05, 0.1) is 5.69 Å². The average molecular weight is 194 g/mol. The number of aryl methyl sites for hydroxylation is 1. The lowest BCUT2D eigenvalue weighted by Crippen LogP contribution is -2.61. The number of rotatable bonds is 3. The predicted octanol–water partition coefficient (Wildman–Crippen LogP) is -0.868. The largest absolute Gasteiger partial charge is 0.339 e. The Balaban J connectivity index is 1.81. The Kier molecular flexibility index (Phi) is 2.25. The molecule has 5 nitrogen and oxygen atoms in total. The molecule has 0 radical (unpaired) electrons. The van der Waals surface area contributed by atoms with Crippen LogP contribution in [0.5, 0.6) is 0 Å². The van der Waals surface area contributed by atoms with Gasteiger partial charge in [-0.25, -0.2) is 0 Å². The Morgan fingerprint density at radius 3 is 3.00 bits per heavy atom. The number of hydrogen-bond acceptors (Lipinski definition) is 3. The number of nitrogens with zero attached hydrogens (tertiary/aromatic N) is 3. The summed E-state index contributed by atoms with van der Waals surface area (Å²) in [6, 6.07) is 1.70. The number of carbonyl (C=O) groups is 1. The molecule has 1 aromatic rings. The van der Waals surface area contributed by atoms with Crippen molar-refractivity contribution in [1.29, 1.82) is 0 Å². The van der Waals surface area contributed by atoms with Gasteiger partial charge in [0.25, 0.3) is 0 Å². The molecule has 1 unspecified atom stereocenters. The zero-order valence-electron chi connectivity index (χ0n) is 8.18. The van der Waals surface area contributed by atoms with E-state index in [1.165, 1.54) is 0 Å². The van der Waals surface area contributed by atoms with Crippen LogP contribution in [0.25, 0.3) is 0 Å². The first-order valence-electron chi connectivity index (χ1n) is 4.70. The van der Waals surface area contributed by atoms with Gasteiger partial charge < -0.3 is 10.6 Å². The third-order valence-electron chi connectivity index (χ3n) is 2.45. The topological polar surface area (TPSA) is 64.2 Å². The van der Waals surface area contributed by atoms with Crippen LogP contribution >= 0.6 is 0 Å². The highest BCUT2D eigenvalue weighted by atomic mass is 16.2. The van der Waals surface area contributed by atoms with E-state index in [1.54, 1.807) is 9.58 Å². The summed E-state index contributed by atoms with van der Waals surface area (Å²) < 4.78 is 1.76. The van der Waals surface area contributed by atoms with Crippen molar-refractivity contribution in [3.05, 3.63) is 18.0 Å². The SMILES string of the molecule is Cn1ccc(CCN2CC(N)C2=O)n1. The monoisotopic (exact) mass is 194 g/mol. The summed E-state index contributed by atoms with van der Waals surface area (Å²) in [5.74, 6) is 0.0564. The van der Waals surface area contributed by atoms with Gasteiger partial charge in [0, 0.05) is 32.8 Å². The zero-order valence-corrected chi connectivity index (χ0v) is 8.18. The van der Waals surface area contributed by atoms with Crippen molar-refractivity contribution in [2.45, 2.75) is 12.5 Å². The number of nitrogens with two attached hydrogens (primary N) is 1. The van der Waals surface area contributed by atoms with Gasteiger partial charge >= 0.3 is 0 Å². The van der Waals surface area contributed by atoms with Gasteiger partial charge in [-0.05, 0) is 6.07 Å². The second kappa shape index (κ2) is 3.42. The lowest BCUT2D eigenvalue weighted by molar-refractivity contribution is -0.142. The van der Waals surface area contributed by atoms with Crippen LogP contribution in [0.3, 0.4) is 0 Å². The van der Waals surface area contributed by atoms with Crippen LogP contribution in [-0.4, -0.2) is 39.7 Å². The second-order valence-electron chi connectivity index (χ2n) is 3.62. The fourth-order valence-electron chi connectivity index (χ4n) is 1.58. The van der Waals surface area contributed by atoms with E-state index < -0.39 is 0 Å². The van der Waals surface area contributed by atoms with E-state index in [-0.39, 0.29) is 11.9 Å². The molecule has 2 N–H and O–H groups in total. The molecule has 1 aromatic heterocycles. The molecule has 5 heteroatoms. The maximum Gasteiger partial charge on any atom is 0.241 e. The first-order chi connectivity index (χ1) is 6.66. The number of carbonyl (C=O) groups excluding carboxylic acids is 1. The van der Waals surface area contributed by atoms with Crippen LogP contribution in [0.4, 0.5) is 0 Å². The van der Waals surface area contributed by atoms with Gasteiger partial charge in [0.1, 0.15) is 6.04 Å². The fraction of sp³-hybridized carbons (Fsp3) is 0.556. The van der Waals surface area contributed by atoms with Crippen LogP contribution in [0.15, 0.2) is 12.3 Å². The highest BCUT2D eigenvalue weighted by molar-refractivity contribution is 5.87. The summed E-state index contributed by atoms with van der Waals surface area (Å²) in [7, 11) is 1.88. The highest BCUT2D eigenvalue weighted by Crippen LogP contribution is 2.08. The summed E-state index contributed by atoms with van der Waals surface area (Å²) in [6.07, 6.45) is 2.71. The van der Waals surface area contributed by atoms with E-state index in [4.69, 9.17) is 5.73 Å². The van der Waals surface area contributed by atoms with E-state index in [9.17, 15) is 4.79 Å². The van der Waals surface area contributed by atoms with E-state index in [0.717, 1.165) is 18.7 Å². The Bertz CT molecular complexity index is 346. The van der Waals surface area contributed by atoms with Crippen molar-refractivity contribution in [1.82, 2.24) is 14.7 Å². The molecule has 1 aliphatic heterocycles. The maximum atomic E-state index is 11.2. The van der Waals surface area contributed by atoms with E-state index in [2.05, 4.69) is 5.10 Å². The van der Waals surface area contributed by atoms with Crippen LogP contribution in [0.1, 0.15) is 5.69 Å². The Morgan fingerprint density at radius 1 is 1.71 bits per heavy atom. The fourth-order valence-corrected chi connectivity index (χ4v) is 1.58. The standard InChI is InChI=1S/C9H14N4O/c1-12-4-2-7(11-12)3-5-13-6-8(10)9(13)14/h2,4,8H,3,5-6,10H2,1H3. The quantitative estimate of drug-likeness (QED) is 0.636. The molecule has 2 heterocycles. The number of likely N-dealkylation sites (tertiary alicyclic amines) is 1. The number of amides is 1. The second-order valence-corrected chi connectivity index (χ2v) is 3.62. The molecular weight excluding hydrogens is 180 g/mol. The minimum Gasteiger partial charge on any atom is -0.339 e. The summed E-state index contributed by atoms with van der Waals surface area (Å²) in [5, 5.41) is 4.23. The van der Waals surface area contributed by atoms with Crippen LogP contribution < -0.4 is 5.73 Å². The molecule has 2 rings (SSSR count). The van der Waals surface area contributed by atoms with Crippen LogP contribution in [0.2, 0.25) is 0 Å². The minimum atomic E-state index is -0.265. The molecular formula is C9H14N4O. The van der Waals surface area contributed by atoms with E-state index in [1.807, 2.05) is 19.3 Å². The smallest absolute Gasteiger partial charge is 0.241 e. The Morgan fingerprint density at radius 2 is 2.50 bits per heavy atom. The first kappa shape index (κ1) is 9.21. The van der Waals surface area contributed by atoms with Crippen molar-refractivity contribution in [3.63, 3.8) is 0 Å². The summed E-state index contributed by atoms with van der Waals surface area (Å²) >= 11 is 0. The lowest BCUT2D eigenvalue weighted by atomic mass is 10.1. The van der Waals surface area contributed by atoms with Gasteiger partial charge in [-0.2, -0.15) is 5.10 Å².